The minimum atomic E-state index is 0.227. The Morgan fingerprint density at radius 3 is 3.05 bits per heavy atom. The van der Waals surface area contributed by atoms with E-state index >= 15 is 0 Å². The van der Waals surface area contributed by atoms with E-state index in [0.29, 0.717) is 28.7 Å². The number of aromatic nitrogens is 2. The number of nitrogens with two attached hydrogens (primary N) is 1. The number of hydrogen-bond donors (Lipinski definition) is 2. The van der Waals surface area contributed by atoms with Crippen molar-refractivity contribution >= 4 is 23.5 Å². The third-order valence-electron chi connectivity index (χ3n) is 2.84. The van der Waals surface area contributed by atoms with E-state index in [0.717, 1.165) is 5.69 Å². The predicted octanol–water partition coefficient (Wildman–Crippen LogP) is 1.51. The quantitative estimate of drug-likeness (QED) is 0.648. The van der Waals surface area contributed by atoms with Crippen LogP contribution in [0.25, 0.3) is 0 Å². The average Bonchev–Trinajstić information content (AvgIpc) is 2.94. The molecule has 0 saturated heterocycles. The number of oxime groups is 1. The van der Waals surface area contributed by atoms with Crippen LogP contribution in [0.3, 0.4) is 0 Å². The van der Waals surface area contributed by atoms with Crippen molar-refractivity contribution in [2.45, 2.75) is 0 Å². The van der Waals surface area contributed by atoms with Crippen LogP contribution in [-0.4, -0.2) is 30.1 Å². The number of rotatable bonds is 4. The Morgan fingerprint density at radius 1 is 1.33 bits per heavy atom. The van der Waals surface area contributed by atoms with Gasteiger partial charge in [0.25, 0.3) is 0 Å². The minimum Gasteiger partial charge on any atom is -0.454 e. The summed E-state index contributed by atoms with van der Waals surface area (Å²) >= 11 is 0. The maximum Gasteiger partial charge on any atom is 0.231 e. The summed E-state index contributed by atoms with van der Waals surface area (Å²) in [6, 6.07) is 5.49. The van der Waals surface area contributed by atoms with Crippen molar-refractivity contribution in [1.82, 2.24) is 9.97 Å². The third-order valence-corrected chi connectivity index (χ3v) is 2.84. The minimum absolute atomic E-state index is 0.227. The van der Waals surface area contributed by atoms with Crippen LogP contribution in [-0.2, 0) is 4.84 Å². The maximum atomic E-state index is 5.82. The van der Waals surface area contributed by atoms with Gasteiger partial charge in [0.05, 0.1) is 11.8 Å². The molecule has 0 unspecified atom stereocenters. The summed E-state index contributed by atoms with van der Waals surface area (Å²) in [5, 5.41) is 6.83. The number of ether oxygens (including phenoxy) is 2. The number of nitrogens with one attached hydrogen (secondary N) is 1. The monoisotopic (exact) mass is 287 g/mol. The summed E-state index contributed by atoms with van der Waals surface area (Å²) in [4.78, 5) is 12.7. The van der Waals surface area contributed by atoms with Crippen molar-refractivity contribution in [2.75, 3.05) is 25.0 Å². The van der Waals surface area contributed by atoms with Crippen LogP contribution >= 0.6 is 0 Å². The number of fused-ring (bicyclic) bond motifs is 1. The lowest BCUT2D eigenvalue weighted by molar-refractivity contribution is 0.174. The molecule has 0 radical (unpaired) electrons. The van der Waals surface area contributed by atoms with Gasteiger partial charge in [0.1, 0.15) is 25.1 Å². The van der Waals surface area contributed by atoms with Crippen LogP contribution in [0, 0.1) is 0 Å². The number of hydrogen-bond acceptors (Lipinski definition) is 8. The zero-order valence-electron chi connectivity index (χ0n) is 11.2. The van der Waals surface area contributed by atoms with Gasteiger partial charge in [0, 0.05) is 11.8 Å². The van der Waals surface area contributed by atoms with E-state index in [4.69, 9.17) is 15.2 Å². The van der Waals surface area contributed by atoms with Gasteiger partial charge in [-0.05, 0) is 12.1 Å². The molecule has 2 aromatic rings. The predicted molar refractivity (Wildman–Crippen MR) is 76.9 cm³/mol. The molecule has 0 aliphatic carbocycles. The number of benzene rings is 1. The summed E-state index contributed by atoms with van der Waals surface area (Å²) in [6.07, 6.45) is 2.82. The first-order valence-electron chi connectivity index (χ1n) is 6.11. The smallest absolute Gasteiger partial charge is 0.231 e. The lowest BCUT2D eigenvalue weighted by Crippen LogP contribution is -2.05. The molecule has 3 rings (SSSR count). The van der Waals surface area contributed by atoms with Crippen molar-refractivity contribution in [3.63, 3.8) is 0 Å². The highest BCUT2D eigenvalue weighted by Crippen LogP contribution is 2.35. The standard InChI is InChI=1S/C13H13N5O3/c1-19-17-5-9-12(14)15-6-16-13(9)18-8-2-3-10-11(4-8)21-7-20-10/h2-6H,7H2,1H3,(H3,14,15,16,18). The van der Waals surface area contributed by atoms with Gasteiger partial charge in [-0.2, -0.15) is 0 Å². The normalized spacial score (nSPS) is 12.6. The molecule has 21 heavy (non-hydrogen) atoms. The summed E-state index contributed by atoms with van der Waals surface area (Å²) < 4.78 is 10.6. The molecule has 1 aromatic heterocycles. The van der Waals surface area contributed by atoms with E-state index in [2.05, 4.69) is 25.3 Å². The fourth-order valence-corrected chi connectivity index (χ4v) is 1.85. The fourth-order valence-electron chi connectivity index (χ4n) is 1.85. The van der Waals surface area contributed by atoms with Crippen molar-refractivity contribution in [1.29, 1.82) is 0 Å². The van der Waals surface area contributed by atoms with Crippen LogP contribution < -0.4 is 20.5 Å². The van der Waals surface area contributed by atoms with Crippen LogP contribution in [0.4, 0.5) is 17.3 Å². The van der Waals surface area contributed by atoms with Crippen molar-refractivity contribution in [3.8, 4) is 11.5 Å². The Morgan fingerprint density at radius 2 is 2.19 bits per heavy atom. The van der Waals surface area contributed by atoms with Gasteiger partial charge >= 0.3 is 0 Å². The topological polar surface area (TPSA) is 104 Å². The Kier molecular flexibility index (Phi) is 3.42. The lowest BCUT2D eigenvalue weighted by atomic mass is 10.2. The first kappa shape index (κ1) is 13.0. The highest BCUT2D eigenvalue weighted by atomic mass is 16.7. The lowest BCUT2D eigenvalue weighted by Gasteiger charge is -2.09. The summed E-state index contributed by atoms with van der Waals surface area (Å²) in [5.41, 5.74) is 7.14. The Balaban J connectivity index is 1.91. The number of anilines is 3. The molecule has 1 aromatic carbocycles. The maximum absolute atomic E-state index is 5.82. The van der Waals surface area contributed by atoms with Gasteiger partial charge in [-0.1, -0.05) is 5.16 Å². The molecule has 0 spiro atoms. The van der Waals surface area contributed by atoms with E-state index in [9.17, 15) is 0 Å². The molecular weight excluding hydrogens is 274 g/mol. The molecule has 3 N–H and O–H groups in total. The molecule has 0 saturated carbocycles. The van der Waals surface area contributed by atoms with Gasteiger partial charge in [-0.15, -0.1) is 0 Å². The van der Waals surface area contributed by atoms with Crippen LogP contribution in [0.5, 0.6) is 11.5 Å². The van der Waals surface area contributed by atoms with E-state index < -0.39 is 0 Å². The molecule has 2 heterocycles. The molecule has 0 amide bonds. The molecule has 0 atom stereocenters. The Bertz CT molecular complexity index is 690. The van der Waals surface area contributed by atoms with Gasteiger partial charge in [0.2, 0.25) is 6.79 Å². The fraction of sp³-hybridized carbons (Fsp3) is 0.154. The van der Waals surface area contributed by atoms with Gasteiger partial charge < -0.3 is 25.4 Å². The largest absolute Gasteiger partial charge is 0.454 e. The third kappa shape index (κ3) is 2.64. The van der Waals surface area contributed by atoms with Crippen LogP contribution in [0.2, 0.25) is 0 Å². The van der Waals surface area contributed by atoms with E-state index in [1.807, 2.05) is 18.2 Å². The summed E-state index contributed by atoms with van der Waals surface area (Å²) in [7, 11) is 1.45. The highest BCUT2D eigenvalue weighted by molar-refractivity contribution is 5.92. The van der Waals surface area contributed by atoms with Gasteiger partial charge in [-0.25, -0.2) is 9.97 Å². The van der Waals surface area contributed by atoms with Gasteiger partial charge in [0.15, 0.2) is 11.5 Å². The molecule has 0 fully saturated rings. The Hall–Kier alpha value is -3.03. The molecule has 0 bridgehead atoms. The van der Waals surface area contributed by atoms with E-state index in [1.165, 1.54) is 19.7 Å². The molecule has 1 aliphatic heterocycles. The molecular formula is C13H13N5O3. The molecule has 8 nitrogen and oxygen atoms in total. The number of nitrogen functional groups attached to an aromatic ring is 1. The van der Waals surface area contributed by atoms with Crippen LogP contribution in [0.1, 0.15) is 5.56 Å². The second-order valence-corrected chi connectivity index (χ2v) is 4.13. The second-order valence-electron chi connectivity index (χ2n) is 4.13. The average molecular weight is 287 g/mol. The number of nitrogens with zero attached hydrogens (tertiary/aromatic N) is 3. The molecule has 108 valence electrons. The van der Waals surface area contributed by atoms with Crippen molar-refractivity contribution < 1.29 is 14.3 Å². The first-order valence-corrected chi connectivity index (χ1v) is 6.11. The van der Waals surface area contributed by atoms with Crippen molar-refractivity contribution in [3.05, 3.63) is 30.1 Å². The first-order chi connectivity index (χ1) is 10.3. The SMILES string of the molecule is CON=Cc1c(N)ncnc1Nc1ccc2c(c1)OCO2. The second kappa shape index (κ2) is 5.53. The summed E-state index contributed by atoms with van der Waals surface area (Å²) in [5.74, 6) is 2.20. The molecule has 1 aliphatic rings. The molecule has 8 heteroatoms. The zero-order chi connectivity index (χ0) is 14.7. The van der Waals surface area contributed by atoms with E-state index in [1.54, 1.807) is 0 Å². The summed E-state index contributed by atoms with van der Waals surface area (Å²) in [6.45, 7) is 0.227. The van der Waals surface area contributed by atoms with Crippen LogP contribution in [0.15, 0.2) is 29.7 Å². The van der Waals surface area contributed by atoms with E-state index in [-0.39, 0.29) is 6.79 Å². The highest BCUT2D eigenvalue weighted by Gasteiger charge is 2.14. The van der Waals surface area contributed by atoms with Crippen molar-refractivity contribution in [2.24, 2.45) is 5.16 Å². The van der Waals surface area contributed by atoms with Gasteiger partial charge in [-0.3, -0.25) is 0 Å². The Labute approximate surface area is 120 Å². The zero-order valence-corrected chi connectivity index (χ0v) is 11.2.